The molecule has 6 aliphatic rings. The molecule has 0 atom stereocenters. The molecule has 19 heteroatoms. The molecule has 8 aromatic heterocycles. The maximum absolute atomic E-state index is 13.3. The predicted octanol–water partition coefficient (Wildman–Crippen LogP) is 27.4. The van der Waals surface area contributed by atoms with Crippen LogP contribution in [0.5, 0.6) is 11.5 Å². The largest absolute Gasteiger partial charge is 0.489 e. The highest BCUT2D eigenvalue weighted by atomic mass is 19.1. The van der Waals surface area contributed by atoms with Crippen LogP contribution in [0.4, 0.5) is 15.8 Å². The molecule has 1 saturated carbocycles. The Balaban J connectivity index is 0.000000315. The molecule has 136 heavy (non-hydrogen) atoms. The molecule has 13 heterocycles. The van der Waals surface area contributed by atoms with E-state index >= 15 is 0 Å². The van der Waals surface area contributed by atoms with Gasteiger partial charge < -0.3 is 29.3 Å². The Morgan fingerprint density at radius 1 is 0.316 bits per heavy atom. The average Bonchev–Trinajstić information content (AvgIpc) is 0.859. The number of hydrogen-bond acceptors (Lipinski definition) is 18. The van der Waals surface area contributed by atoms with Crippen LogP contribution in [0.25, 0.3) is 0 Å². The summed E-state index contributed by atoms with van der Waals surface area (Å²) >= 11 is 0. The predicted molar refractivity (Wildman–Crippen MR) is 577 cm³/mol. The number of aryl methyl sites for hydroxylation is 2. The number of likely N-dealkylation sites (tertiary alicyclic amines) is 3. The van der Waals surface area contributed by atoms with Crippen molar-refractivity contribution in [1.29, 1.82) is 0 Å². The van der Waals surface area contributed by atoms with Gasteiger partial charge in [0.2, 0.25) is 0 Å². The molecule has 5 saturated heterocycles. The van der Waals surface area contributed by atoms with Crippen molar-refractivity contribution in [3.8, 4) is 11.5 Å². The van der Waals surface area contributed by atoms with Crippen molar-refractivity contribution in [2.24, 2.45) is 0 Å². The minimum absolute atomic E-state index is 0.0504. The second kappa shape index (κ2) is 54.7. The van der Waals surface area contributed by atoms with Gasteiger partial charge in [0.25, 0.3) is 0 Å². The number of aromatic nitrogens is 9. The van der Waals surface area contributed by atoms with Crippen molar-refractivity contribution in [1.82, 2.24) is 64.5 Å². The summed E-state index contributed by atoms with van der Waals surface area (Å²) in [6.07, 6.45) is 37.7. The Morgan fingerprint density at radius 2 is 0.662 bits per heavy atom. The van der Waals surface area contributed by atoms with E-state index in [1.54, 1.807) is 44.8 Å². The van der Waals surface area contributed by atoms with Crippen LogP contribution in [0.2, 0.25) is 0 Å². The molecule has 0 amide bonds. The minimum Gasteiger partial charge on any atom is -0.489 e. The van der Waals surface area contributed by atoms with Crippen LogP contribution in [0, 0.1) is 19.7 Å². The van der Waals surface area contributed by atoms with Crippen molar-refractivity contribution in [3.63, 3.8) is 0 Å². The highest BCUT2D eigenvalue weighted by Gasteiger charge is 2.29. The van der Waals surface area contributed by atoms with Crippen LogP contribution in [0.15, 0.2) is 147 Å². The zero-order valence-electron chi connectivity index (χ0n) is 93.4. The summed E-state index contributed by atoms with van der Waals surface area (Å²) in [5, 5.41) is 9.52. The van der Waals surface area contributed by atoms with Gasteiger partial charge in [-0.15, -0.1) is 0 Å². The summed E-state index contributed by atoms with van der Waals surface area (Å²) in [5.74, 6) is 1.39. The molecule has 762 valence electrons. The van der Waals surface area contributed by atoms with Crippen LogP contribution in [0.3, 0.4) is 0 Å². The lowest BCUT2D eigenvalue weighted by atomic mass is 9.91. The summed E-state index contributed by atoms with van der Waals surface area (Å²) in [6.45, 7) is 94.3. The number of pyridine rings is 7. The normalized spacial score (nSPS) is 16.4. The third-order valence-electron chi connectivity index (χ3n) is 24.4. The maximum Gasteiger partial charge on any atom is 0.145 e. The number of piperazine rings is 1. The number of ether oxygens (including phenoxy) is 2. The van der Waals surface area contributed by atoms with Crippen LogP contribution in [-0.4, -0.2) is 190 Å². The Labute approximate surface area is 830 Å². The number of hydrogen-bond donors (Lipinski definition) is 1. The Kier molecular flexibility index (Phi) is 48.4. The molecule has 0 spiro atoms. The Morgan fingerprint density at radius 3 is 0.941 bits per heavy atom. The van der Waals surface area contributed by atoms with Crippen molar-refractivity contribution < 1.29 is 19.0 Å². The number of aliphatic hydroxyl groups is 1. The molecule has 1 N–H and O–H groups in total. The lowest BCUT2D eigenvalue weighted by molar-refractivity contribution is 0.0283. The van der Waals surface area contributed by atoms with Gasteiger partial charge in [-0.2, -0.15) is 0 Å². The molecule has 0 aromatic carbocycles. The summed E-state index contributed by atoms with van der Waals surface area (Å²) < 4.78 is 24.5. The minimum atomic E-state index is -0.817. The fourth-order valence-corrected chi connectivity index (χ4v) is 15.0. The van der Waals surface area contributed by atoms with Crippen molar-refractivity contribution in [2.45, 2.75) is 418 Å². The molecule has 1 aliphatic carbocycles. The fraction of sp³-hybridized carbons (Fsp3) is 0.667. The molecule has 0 unspecified atom stereocenters. The van der Waals surface area contributed by atoms with Gasteiger partial charge in [0.05, 0.1) is 59.3 Å². The van der Waals surface area contributed by atoms with E-state index in [4.69, 9.17) is 9.47 Å². The number of rotatable bonds is 7. The topological polar surface area (TPSA) is 174 Å². The van der Waals surface area contributed by atoms with E-state index in [2.05, 4.69) is 344 Å². The van der Waals surface area contributed by atoms with Gasteiger partial charge in [0.1, 0.15) is 23.9 Å². The molecule has 18 nitrogen and oxygen atoms in total. The van der Waals surface area contributed by atoms with Crippen LogP contribution in [0.1, 0.15) is 389 Å². The average molecular weight is 1880 g/mol. The van der Waals surface area contributed by atoms with Gasteiger partial charge in [-0.3, -0.25) is 59.6 Å². The van der Waals surface area contributed by atoms with E-state index < -0.39 is 5.60 Å². The van der Waals surface area contributed by atoms with Gasteiger partial charge in [-0.05, 0) is 297 Å². The number of piperidine rings is 3. The van der Waals surface area contributed by atoms with Gasteiger partial charge in [0.15, 0.2) is 0 Å². The van der Waals surface area contributed by atoms with Gasteiger partial charge >= 0.3 is 0 Å². The molecule has 8 aromatic rings. The monoisotopic (exact) mass is 1880 g/mol. The molecular weight excluding hydrogens is 1680 g/mol. The molecular formula is C117H194FN15O3. The number of anilines is 2. The molecule has 0 radical (unpaired) electrons. The lowest BCUT2D eigenvalue weighted by Gasteiger charge is -2.38. The van der Waals surface area contributed by atoms with Gasteiger partial charge in [0, 0.05) is 171 Å². The third-order valence-corrected chi connectivity index (χ3v) is 24.4. The standard InChI is InChI=1S/C14H23N3.C14H22N2.C13H21NO2.C13H19NO.C10H14FN.C10H15N.2C9H19N.C9H13N.C8H12N2.C8H17N/c1-14(2,3)13-6-5-12(11-15-13)17-9-7-16(4)8-10-17;1-14(2,3)13-8-7-12(11-15-13)16-9-5-4-6-10-16;1-12(2,3)11-7-6-10(8-14-11)16-9-13(4,5)15;1-13(2,3)12-8-7-11(9-14-12)15-10-5-4-6-10;1-7-5-8(11)9(12-6-7)10(2,3)4;1-8-5-6-9(11-7-8)10(2,3)4;2*1-9(2,3)10-7-5-4-6-8-10;1-9(2,3)8-6-4-5-7-10-8;1-8(2,3)7-6-9-4-5-10-7;1-8(2,3)9-6-4-5-7-9/h5-6,11H,7-10H2,1-4H3;7-8,11H,4-6,9-10H2,1-3H3;6-8,15H,9H2,1-5H3;7-10H,4-6H2,1-3H3;5-6H,1-4H3;5-7H,1-4H3;2*4-8H2,1-3H3;4-7H,1-3H3;4-6H,1-3H3;4-7H2,1-3H3. The first-order valence-electron chi connectivity index (χ1n) is 51.3. The van der Waals surface area contributed by atoms with Crippen molar-refractivity contribution in [3.05, 3.63) is 209 Å². The first-order valence-corrected chi connectivity index (χ1v) is 51.3. The smallest absolute Gasteiger partial charge is 0.145 e. The van der Waals surface area contributed by atoms with Crippen LogP contribution < -0.4 is 19.3 Å². The van der Waals surface area contributed by atoms with Gasteiger partial charge in [-0.25, -0.2) is 4.39 Å². The third kappa shape index (κ3) is 48.3. The van der Waals surface area contributed by atoms with E-state index in [1.807, 2.05) is 89.0 Å². The SMILES string of the molecule is CC(C)(C)N1CCCC1.CC(C)(C)N1CCCCC1.CC(C)(C)N1CCCCC1.CC(C)(C)c1ccc(N2CCCCC2)cn1.CC(C)(C)c1ccc(OC2CCC2)cn1.CC(C)(C)c1ccccn1.CC(C)(C)c1cnccn1.CC(C)(O)COc1ccc(C(C)(C)C)nc1.CN1CCN(c2ccc(C(C)(C)C)nc2)CC1.Cc1ccc(C(C)(C)C)nc1.Cc1cnc(C(C)(C)C)c(F)c1. The Bertz CT molecular complexity index is 4430. The molecule has 5 aliphatic heterocycles. The first kappa shape index (κ1) is 120. The fourth-order valence-electron chi connectivity index (χ4n) is 15.0. The maximum atomic E-state index is 13.3. The number of nitrogens with zero attached hydrogens (tertiary/aromatic N) is 15. The molecule has 14 rings (SSSR count). The summed E-state index contributed by atoms with van der Waals surface area (Å²) in [7, 11) is 2.18. The highest BCUT2D eigenvalue weighted by molar-refractivity contribution is 5.47. The lowest BCUT2D eigenvalue weighted by Crippen LogP contribution is -2.44. The van der Waals surface area contributed by atoms with E-state index in [1.165, 1.54) is 171 Å². The first-order chi connectivity index (χ1) is 62.7. The van der Waals surface area contributed by atoms with Crippen LogP contribution in [-0.2, 0) is 43.3 Å². The summed E-state index contributed by atoms with van der Waals surface area (Å²) in [6, 6.07) is 28.4. The Hall–Kier alpha value is -7.94. The van der Waals surface area contributed by atoms with Crippen molar-refractivity contribution >= 4 is 11.4 Å². The summed E-state index contributed by atoms with van der Waals surface area (Å²) in [4.78, 5) is 53.7. The highest BCUT2D eigenvalue weighted by Crippen LogP contribution is 2.32. The second-order valence-electron chi connectivity index (χ2n) is 49.8. The van der Waals surface area contributed by atoms with Crippen molar-refractivity contribution in [2.75, 3.05) is 102 Å². The second-order valence-corrected chi connectivity index (χ2v) is 49.8. The van der Waals surface area contributed by atoms with E-state index in [0.29, 0.717) is 34.2 Å². The van der Waals surface area contributed by atoms with E-state index in [0.717, 1.165) is 71.7 Å². The van der Waals surface area contributed by atoms with E-state index in [-0.39, 0.29) is 55.7 Å². The zero-order valence-corrected chi connectivity index (χ0v) is 93.4. The van der Waals surface area contributed by atoms with E-state index in [9.17, 15) is 9.50 Å². The molecule has 6 fully saturated rings. The number of halogens is 1. The quantitative estimate of drug-likeness (QED) is 0.159. The zero-order chi connectivity index (χ0) is 103. The molecule has 0 bridgehead atoms. The van der Waals surface area contributed by atoms with Crippen LogP contribution >= 0.6 is 0 Å². The summed E-state index contributed by atoms with van der Waals surface area (Å²) in [5.41, 5.74) is 14.1. The number of likely N-dealkylation sites (N-methyl/N-ethyl adjacent to an activating group) is 1. The van der Waals surface area contributed by atoms with Gasteiger partial charge in [-0.1, -0.05) is 191 Å².